The van der Waals surface area contributed by atoms with Gasteiger partial charge in [0.2, 0.25) is 0 Å². The van der Waals surface area contributed by atoms with Crippen molar-refractivity contribution in [2.75, 3.05) is 0 Å². The molecule has 0 N–H and O–H groups in total. The van der Waals surface area contributed by atoms with Crippen LogP contribution in [0.3, 0.4) is 0 Å². The van der Waals surface area contributed by atoms with Crippen LogP contribution in [0.5, 0.6) is 0 Å². The Morgan fingerprint density at radius 3 is 2.52 bits per heavy atom. The molecule has 0 atom stereocenters. The second kappa shape index (κ2) is 6.17. The van der Waals surface area contributed by atoms with Gasteiger partial charge in [-0.3, -0.25) is 0 Å². The largest absolute Gasteiger partial charge is 0.241 e. The van der Waals surface area contributed by atoms with E-state index in [1.54, 1.807) is 29.2 Å². The van der Waals surface area contributed by atoms with Crippen LogP contribution in [0, 0.1) is 5.82 Å². The topological polar surface area (TPSA) is 48.0 Å². The summed E-state index contributed by atoms with van der Waals surface area (Å²) >= 11 is 0. The standard InChI is InChI=1S/C21H14FN5/c22-18-6-1-4-15(10-18)17-12-21-23-14-20(27(21)25-13-17)16-5-2-7-19(11-16)26-9-3-8-24-26/h1-14H. The first-order valence-corrected chi connectivity index (χ1v) is 8.48. The normalized spacial score (nSPS) is 11.1. The summed E-state index contributed by atoms with van der Waals surface area (Å²) in [6.45, 7) is 0. The molecule has 3 aromatic heterocycles. The van der Waals surface area contributed by atoms with Gasteiger partial charge in [-0.2, -0.15) is 10.2 Å². The van der Waals surface area contributed by atoms with Crippen LogP contribution in [0.25, 0.3) is 33.7 Å². The number of halogens is 1. The molecule has 5 aromatic rings. The highest BCUT2D eigenvalue weighted by Gasteiger charge is 2.10. The molecular formula is C21H14FN5. The van der Waals surface area contributed by atoms with Crippen LogP contribution in [0.4, 0.5) is 4.39 Å². The van der Waals surface area contributed by atoms with E-state index in [0.29, 0.717) is 5.65 Å². The summed E-state index contributed by atoms with van der Waals surface area (Å²) < 4.78 is 17.1. The van der Waals surface area contributed by atoms with Gasteiger partial charge < -0.3 is 0 Å². The molecule has 0 unspecified atom stereocenters. The highest BCUT2D eigenvalue weighted by molar-refractivity contribution is 5.70. The predicted octanol–water partition coefficient (Wildman–Crippen LogP) is 4.39. The van der Waals surface area contributed by atoms with E-state index in [0.717, 1.165) is 28.1 Å². The number of nitrogens with zero attached hydrogens (tertiary/aromatic N) is 5. The van der Waals surface area contributed by atoms with Crippen LogP contribution in [-0.4, -0.2) is 24.4 Å². The molecule has 0 saturated heterocycles. The lowest BCUT2D eigenvalue weighted by Gasteiger charge is -2.06. The van der Waals surface area contributed by atoms with E-state index < -0.39 is 0 Å². The molecule has 5 nitrogen and oxygen atoms in total. The lowest BCUT2D eigenvalue weighted by molar-refractivity contribution is 0.628. The Bertz CT molecular complexity index is 1240. The van der Waals surface area contributed by atoms with Gasteiger partial charge in [0.1, 0.15) is 5.82 Å². The fourth-order valence-electron chi connectivity index (χ4n) is 3.13. The van der Waals surface area contributed by atoms with Crippen LogP contribution >= 0.6 is 0 Å². The van der Waals surface area contributed by atoms with Crippen molar-refractivity contribution in [2.24, 2.45) is 0 Å². The van der Waals surface area contributed by atoms with Gasteiger partial charge >= 0.3 is 0 Å². The molecule has 130 valence electrons. The molecule has 0 aliphatic heterocycles. The Morgan fingerprint density at radius 2 is 1.67 bits per heavy atom. The lowest BCUT2D eigenvalue weighted by atomic mass is 10.1. The van der Waals surface area contributed by atoms with Gasteiger partial charge in [-0.1, -0.05) is 24.3 Å². The molecule has 0 radical (unpaired) electrons. The first-order valence-electron chi connectivity index (χ1n) is 8.48. The Hall–Kier alpha value is -3.80. The molecule has 5 rings (SSSR count). The van der Waals surface area contributed by atoms with Crippen molar-refractivity contribution in [3.63, 3.8) is 0 Å². The third-order valence-corrected chi connectivity index (χ3v) is 4.43. The average molecular weight is 355 g/mol. The fraction of sp³-hybridized carbons (Fsp3) is 0. The third kappa shape index (κ3) is 2.77. The minimum absolute atomic E-state index is 0.271. The summed E-state index contributed by atoms with van der Waals surface area (Å²) in [5, 5.41) is 8.80. The SMILES string of the molecule is Fc1cccc(-c2cnn3c(-c4cccc(-n5cccn5)c4)cnc3c2)c1. The molecule has 27 heavy (non-hydrogen) atoms. The van der Waals surface area contributed by atoms with E-state index in [-0.39, 0.29) is 5.82 Å². The molecule has 0 saturated carbocycles. The highest BCUT2D eigenvalue weighted by atomic mass is 19.1. The maximum atomic E-state index is 13.5. The maximum Gasteiger partial charge on any atom is 0.154 e. The molecule has 0 aliphatic rings. The fourth-order valence-corrected chi connectivity index (χ4v) is 3.13. The number of hydrogen-bond donors (Lipinski definition) is 0. The second-order valence-corrected chi connectivity index (χ2v) is 6.17. The van der Waals surface area contributed by atoms with Crippen molar-refractivity contribution in [1.29, 1.82) is 0 Å². The minimum Gasteiger partial charge on any atom is -0.241 e. The van der Waals surface area contributed by atoms with Gasteiger partial charge in [-0.05, 0) is 42.0 Å². The number of fused-ring (bicyclic) bond motifs is 1. The number of hydrogen-bond acceptors (Lipinski definition) is 3. The molecule has 0 fully saturated rings. The van der Waals surface area contributed by atoms with E-state index in [9.17, 15) is 4.39 Å². The van der Waals surface area contributed by atoms with Crippen LogP contribution in [0.1, 0.15) is 0 Å². The monoisotopic (exact) mass is 355 g/mol. The first-order chi connectivity index (χ1) is 13.3. The van der Waals surface area contributed by atoms with Crippen LogP contribution in [0.15, 0.2) is 85.5 Å². The van der Waals surface area contributed by atoms with Gasteiger partial charge in [-0.15, -0.1) is 0 Å². The summed E-state index contributed by atoms with van der Waals surface area (Å²) in [5.41, 5.74) is 5.13. The summed E-state index contributed by atoms with van der Waals surface area (Å²) in [7, 11) is 0. The molecule has 0 amide bonds. The van der Waals surface area contributed by atoms with Gasteiger partial charge in [0.25, 0.3) is 0 Å². The molecule has 6 heteroatoms. The maximum absolute atomic E-state index is 13.5. The number of aromatic nitrogens is 5. The van der Waals surface area contributed by atoms with Crippen molar-refractivity contribution in [2.45, 2.75) is 0 Å². The van der Waals surface area contributed by atoms with Crippen molar-refractivity contribution in [3.05, 3.63) is 91.3 Å². The third-order valence-electron chi connectivity index (χ3n) is 4.43. The molecule has 2 aromatic carbocycles. The van der Waals surface area contributed by atoms with E-state index in [4.69, 9.17) is 0 Å². The Balaban J connectivity index is 1.58. The number of imidazole rings is 1. The van der Waals surface area contributed by atoms with Gasteiger partial charge in [-0.25, -0.2) is 18.6 Å². The molecule has 3 heterocycles. The van der Waals surface area contributed by atoms with Gasteiger partial charge in [0.05, 0.1) is 23.8 Å². The zero-order chi connectivity index (χ0) is 18.2. The van der Waals surface area contributed by atoms with Crippen LogP contribution in [0.2, 0.25) is 0 Å². The average Bonchev–Trinajstić information content (AvgIpc) is 3.38. The first kappa shape index (κ1) is 15.5. The second-order valence-electron chi connectivity index (χ2n) is 6.17. The van der Waals surface area contributed by atoms with Crippen molar-refractivity contribution >= 4 is 5.65 Å². The summed E-state index contributed by atoms with van der Waals surface area (Å²) in [4.78, 5) is 4.48. The molecule has 0 spiro atoms. The number of benzene rings is 2. The van der Waals surface area contributed by atoms with Gasteiger partial charge in [0.15, 0.2) is 5.65 Å². The Morgan fingerprint density at radius 1 is 0.778 bits per heavy atom. The minimum atomic E-state index is -0.271. The van der Waals surface area contributed by atoms with Crippen LogP contribution < -0.4 is 0 Å². The molecule has 0 bridgehead atoms. The van der Waals surface area contributed by atoms with Crippen molar-refractivity contribution < 1.29 is 4.39 Å². The van der Waals surface area contributed by atoms with E-state index in [1.165, 1.54) is 12.1 Å². The quantitative estimate of drug-likeness (QED) is 0.482. The predicted molar refractivity (Wildman–Crippen MR) is 101 cm³/mol. The zero-order valence-electron chi connectivity index (χ0n) is 14.2. The zero-order valence-corrected chi connectivity index (χ0v) is 14.2. The van der Waals surface area contributed by atoms with E-state index in [2.05, 4.69) is 15.2 Å². The smallest absolute Gasteiger partial charge is 0.154 e. The van der Waals surface area contributed by atoms with Crippen molar-refractivity contribution in [1.82, 2.24) is 24.4 Å². The number of rotatable bonds is 3. The summed E-state index contributed by atoms with van der Waals surface area (Å²) in [5.74, 6) is -0.271. The Kier molecular flexibility index (Phi) is 3.53. The molecule has 0 aliphatic carbocycles. The Labute approximate surface area is 154 Å². The van der Waals surface area contributed by atoms with E-state index in [1.807, 2.05) is 53.3 Å². The van der Waals surface area contributed by atoms with Crippen molar-refractivity contribution in [3.8, 4) is 28.1 Å². The summed E-state index contributed by atoms with van der Waals surface area (Å²) in [6.07, 6.45) is 7.16. The van der Waals surface area contributed by atoms with E-state index >= 15 is 0 Å². The highest BCUT2D eigenvalue weighted by Crippen LogP contribution is 2.25. The lowest BCUT2D eigenvalue weighted by Crippen LogP contribution is -1.97. The van der Waals surface area contributed by atoms with Gasteiger partial charge in [0, 0.05) is 23.5 Å². The molecular weight excluding hydrogens is 341 g/mol. The van der Waals surface area contributed by atoms with Crippen LogP contribution in [-0.2, 0) is 0 Å². The summed E-state index contributed by atoms with van der Waals surface area (Å²) in [6, 6.07) is 18.3.